The summed E-state index contributed by atoms with van der Waals surface area (Å²) >= 11 is 0. The molecular weight excluding hydrogens is 170 g/mol. The molecule has 0 bridgehead atoms. The summed E-state index contributed by atoms with van der Waals surface area (Å²) in [6, 6.07) is 0.438. The zero-order chi connectivity index (χ0) is 10.2. The van der Waals surface area contributed by atoms with Crippen molar-refractivity contribution in [1.82, 2.24) is 5.32 Å². The van der Waals surface area contributed by atoms with E-state index < -0.39 is 0 Å². The third-order valence-corrected chi connectivity index (χ3v) is 2.57. The van der Waals surface area contributed by atoms with Crippen LogP contribution in [0.25, 0.3) is 0 Å². The van der Waals surface area contributed by atoms with Gasteiger partial charge in [-0.25, -0.2) is 0 Å². The third kappa shape index (κ3) is 1.82. The molecule has 14 heavy (non-hydrogen) atoms. The van der Waals surface area contributed by atoms with Gasteiger partial charge in [0.1, 0.15) is 0 Å². The molecular formula is C13H17N. The Morgan fingerprint density at radius 1 is 1.36 bits per heavy atom. The van der Waals surface area contributed by atoms with Crippen molar-refractivity contribution in [2.24, 2.45) is 5.41 Å². The van der Waals surface area contributed by atoms with Crippen molar-refractivity contribution in [2.45, 2.75) is 26.8 Å². The zero-order valence-corrected chi connectivity index (χ0v) is 9.04. The number of hydrogen-bond acceptors (Lipinski definition) is 1. The second kappa shape index (κ2) is 3.16. The van der Waals surface area contributed by atoms with Gasteiger partial charge >= 0.3 is 0 Å². The fraction of sp³-hybridized carbons (Fsp3) is 0.385. The average molecular weight is 187 g/mol. The first-order valence-corrected chi connectivity index (χ1v) is 5.14. The van der Waals surface area contributed by atoms with E-state index in [1.54, 1.807) is 0 Å². The first-order chi connectivity index (χ1) is 6.57. The Hall–Kier alpha value is -1.24. The topological polar surface area (TPSA) is 12.0 Å². The van der Waals surface area contributed by atoms with Crippen molar-refractivity contribution in [3.05, 3.63) is 47.7 Å². The SMILES string of the molecule is CC1C=CC2=CC(C)(C)C=CC=C2N1. The van der Waals surface area contributed by atoms with Crippen LogP contribution in [-0.2, 0) is 0 Å². The van der Waals surface area contributed by atoms with Gasteiger partial charge in [0.15, 0.2) is 0 Å². The van der Waals surface area contributed by atoms with Crippen molar-refractivity contribution in [3.8, 4) is 0 Å². The molecule has 1 nitrogen and oxygen atoms in total. The van der Waals surface area contributed by atoms with E-state index in [1.165, 1.54) is 11.3 Å². The number of nitrogens with one attached hydrogen (secondary N) is 1. The summed E-state index contributed by atoms with van der Waals surface area (Å²) in [4.78, 5) is 0. The molecule has 74 valence electrons. The van der Waals surface area contributed by atoms with E-state index in [4.69, 9.17) is 0 Å². The summed E-state index contributed by atoms with van der Waals surface area (Å²) in [7, 11) is 0. The lowest BCUT2D eigenvalue weighted by atomic mass is 9.90. The van der Waals surface area contributed by atoms with E-state index in [2.05, 4.69) is 62.5 Å². The lowest BCUT2D eigenvalue weighted by Gasteiger charge is -2.22. The van der Waals surface area contributed by atoms with Crippen LogP contribution in [-0.4, -0.2) is 6.04 Å². The minimum Gasteiger partial charge on any atom is -0.379 e. The van der Waals surface area contributed by atoms with Crippen LogP contribution in [0.1, 0.15) is 20.8 Å². The van der Waals surface area contributed by atoms with Crippen molar-refractivity contribution < 1.29 is 0 Å². The van der Waals surface area contributed by atoms with Crippen molar-refractivity contribution in [1.29, 1.82) is 0 Å². The van der Waals surface area contributed by atoms with E-state index in [-0.39, 0.29) is 5.41 Å². The Bertz CT molecular complexity index is 353. The summed E-state index contributed by atoms with van der Waals surface area (Å²) < 4.78 is 0. The molecule has 0 radical (unpaired) electrons. The van der Waals surface area contributed by atoms with Gasteiger partial charge in [-0.15, -0.1) is 0 Å². The molecule has 1 aliphatic carbocycles. The van der Waals surface area contributed by atoms with Crippen LogP contribution in [0.4, 0.5) is 0 Å². The van der Waals surface area contributed by atoms with Crippen molar-refractivity contribution >= 4 is 0 Å². The van der Waals surface area contributed by atoms with Crippen LogP contribution < -0.4 is 5.32 Å². The smallest absolute Gasteiger partial charge is 0.0419 e. The molecule has 1 atom stereocenters. The average Bonchev–Trinajstić information content (AvgIpc) is 2.22. The molecule has 1 aliphatic heterocycles. The molecule has 1 heterocycles. The van der Waals surface area contributed by atoms with E-state index in [0.29, 0.717) is 6.04 Å². The van der Waals surface area contributed by atoms with Crippen molar-refractivity contribution in [2.75, 3.05) is 0 Å². The molecule has 1 unspecified atom stereocenters. The molecule has 0 aromatic heterocycles. The highest BCUT2D eigenvalue weighted by atomic mass is 14.9. The first-order valence-electron chi connectivity index (χ1n) is 5.14. The molecule has 2 rings (SSSR count). The monoisotopic (exact) mass is 187 g/mol. The number of fused-ring (bicyclic) bond motifs is 1. The van der Waals surface area contributed by atoms with E-state index in [0.717, 1.165) is 0 Å². The summed E-state index contributed by atoms with van der Waals surface area (Å²) in [6.07, 6.45) is 13.2. The molecule has 0 aromatic rings. The van der Waals surface area contributed by atoms with Gasteiger partial charge in [-0.05, 0) is 18.6 Å². The molecule has 1 N–H and O–H groups in total. The molecule has 0 amide bonds. The van der Waals surface area contributed by atoms with Gasteiger partial charge in [-0.1, -0.05) is 44.2 Å². The Kier molecular flexibility index (Phi) is 2.10. The van der Waals surface area contributed by atoms with Gasteiger partial charge in [-0.3, -0.25) is 0 Å². The van der Waals surface area contributed by atoms with Gasteiger partial charge in [-0.2, -0.15) is 0 Å². The van der Waals surface area contributed by atoms with Crippen LogP contribution in [0.15, 0.2) is 47.7 Å². The van der Waals surface area contributed by atoms with Crippen molar-refractivity contribution in [3.63, 3.8) is 0 Å². The fourth-order valence-electron chi connectivity index (χ4n) is 1.83. The third-order valence-electron chi connectivity index (χ3n) is 2.57. The Morgan fingerprint density at radius 2 is 2.14 bits per heavy atom. The molecule has 1 heteroatoms. The molecule has 2 aliphatic rings. The number of hydrogen-bond donors (Lipinski definition) is 1. The lowest BCUT2D eigenvalue weighted by molar-refractivity contribution is 0.621. The van der Waals surface area contributed by atoms with Gasteiger partial charge in [0.05, 0.1) is 0 Å². The van der Waals surface area contributed by atoms with Gasteiger partial charge in [0, 0.05) is 17.2 Å². The van der Waals surface area contributed by atoms with Crippen LogP contribution in [0.3, 0.4) is 0 Å². The van der Waals surface area contributed by atoms with Crippen LogP contribution in [0.5, 0.6) is 0 Å². The molecule has 0 fully saturated rings. The minimum absolute atomic E-state index is 0.153. The largest absolute Gasteiger partial charge is 0.379 e. The highest BCUT2D eigenvalue weighted by Gasteiger charge is 2.17. The van der Waals surface area contributed by atoms with Gasteiger partial charge < -0.3 is 5.32 Å². The summed E-state index contributed by atoms with van der Waals surface area (Å²) in [5.74, 6) is 0. The fourth-order valence-corrected chi connectivity index (χ4v) is 1.83. The molecule has 0 saturated heterocycles. The standard InChI is InChI=1S/C13H17N/c1-10-6-7-11-9-13(2,3)8-4-5-12(11)14-10/h4-10,14H,1-3H3. The predicted octanol–water partition coefficient (Wildman–Crippen LogP) is 2.94. The first kappa shape index (κ1) is 9.32. The maximum Gasteiger partial charge on any atom is 0.0419 e. The van der Waals surface area contributed by atoms with Gasteiger partial charge in [0.25, 0.3) is 0 Å². The van der Waals surface area contributed by atoms with Crippen LogP contribution in [0, 0.1) is 5.41 Å². The molecule has 0 aromatic carbocycles. The number of rotatable bonds is 0. The maximum atomic E-state index is 3.45. The summed E-state index contributed by atoms with van der Waals surface area (Å²) in [5, 5.41) is 3.45. The van der Waals surface area contributed by atoms with Crippen LogP contribution in [0.2, 0.25) is 0 Å². The molecule has 0 saturated carbocycles. The summed E-state index contributed by atoms with van der Waals surface area (Å²) in [6.45, 7) is 6.60. The van der Waals surface area contributed by atoms with Crippen LogP contribution >= 0.6 is 0 Å². The molecule has 0 spiro atoms. The Labute approximate surface area is 85.9 Å². The zero-order valence-electron chi connectivity index (χ0n) is 9.04. The normalized spacial score (nSPS) is 28.4. The van der Waals surface area contributed by atoms with E-state index >= 15 is 0 Å². The van der Waals surface area contributed by atoms with E-state index in [1.807, 2.05) is 0 Å². The Balaban J connectivity index is 2.42. The van der Waals surface area contributed by atoms with Gasteiger partial charge in [0.2, 0.25) is 0 Å². The summed E-state index contributed by atoms with van der Waals surface area (Å²) in [5.41, 5.74) is 2.69. The highest BCUT2D eigenvalue weighted by molar-refractivity contribution is 5.47. The lowest BCUT2D eigenvalue weighted by Crippen LogP contribution is -2.27. The second-order valence-corrected chi connectivity index (χ2v) is 4.65. The maximum absolute atomic E-state index is 3.45. The second-order valence-electron chi connectivity index (χ2n) is 4.65. The Morgan fingerprint density at radius 3 is 2.93 bits per heavy atom. The minimum atomic E-state index is 0.153. The highest BCUT2D eigenvalue weighted by Crippen LogP contribution is 2.28. The predicted molar refractivity (Wildman–Crippen MR) is 60.8 cm³/mol. The van der Waals surface area contributed by atoms with E-state index in [9.17, 15) is 0 Å². The quantitative estimate of drug-likeness (QED) is 0.615. The number of allylic oxidation sites excluding steroid dienone is 5.